The van der Waals surface area contributed by atoms with Crippen molar-refractivity contribution in [3.8, 4) is 0 Å². The lowest BCUT2D eigenvalue weighted by Gasteiger charge is -2.05. The zero-order valence-electron chi connectivity index (χ0n) is 7.19. The number of carbonyl (C=O) groups is 1. The van der Waals surface area contributed by atoms with Gasteiger partial charge in [-0.15, -0.1) is 11.6 Å². The molecule has 1 aromatic rings. The molecule has 0 saturated heterocycles. The second-order valence-electron chi connectivity index (χ2n) is 2.55. The summed E-state index contributed by atoms with van der Waals surface area (Å²) < 4.78 is 0. The third kappa shape index (κ3) is 2.77. The van der Waals surface area contributed by atoms with Gasteiger partial charge in [-0.05, 0) is 12.1 Å². The summed E-state index contributed by atoms with van der Waals surface area (Å²) in [6, 6.07) is 4.91. The Balaban J connectivity index is 2.84. The van der Waals surface area contributed by atoms with E-state index < -0.39 is 0 Å². The minimum atomic E-state index is -0.266. The maximum absolute atomic E-state index is 11.5. The molecule has 1 aromatic carbocycles. The first-order chi connectivity index (χ1) is 6.66. The van der Waals surface area contributed by atoms with Crippen LogP contribution in [-0.2, 0) is 0 Å². The number of rotatable bonds is 3. The fourth-order valence-electron chi connectivity index (χ4n) is 0.935. The van der Waals surface area contributed by atoms with E-state index in [1.165, 1.54) is 0 Å². The predicted molar refractivity (Wildman–Crippen MR) is 59.5 cm³/mol. The van der Waals surface area contributed by atoms with Crippen molar-refractivity contribution < 1.29 is 4.79 Å². The van der Waals surface area contributed by atoms with Crippen molar-refractivity contribution in [3.05, 3.63) is 33.8 Å². The number of carbonyl (C=O) groups excluding carboxylic acids is 1. The largest absolute Gasteiger partial charge is 0.351 e. The minimum absolute atomic E-state index is 0.265. The van der Waals surface area contributed by atoms with E-state index in [-0.39, 0.29) is 10.9 Å². The van der Waals surface area contributed by atoms with Crippen molar-refractivity contribution >= 4 is 40.7 Å². The molecular formula is C9H8Cl3NO. The molecule has 0 radical (unpaired) electrons. The average molecular weight is 253 g/mol. The molecule has 0 aliphatic heterocycles. The van der Waals surface area contributed by atoms with Gasteiger partial charge in [0.2, 0.25) is 0 Å². The van der Waals surface area contributed by atoms with Crippen LogP contribution in [0.3, 0.4) is 0 Å². The van der Waals surface area contributed by atoms with Crippen LogP contribution in [0.25, 0.3) is 0 Å². The number of halogens is 3. The van der Waals surface area contributed by atoms with Crippen LogP contribution in [0.4, 0.5) is 0 Å². The van der Waals surface area contributed by atoms with Crippen molar-refractivity contribution in [1.82, 2.24) is 5.32 Å². The molecular weight excluding hydrogens is 244 g/mol. The average Bonchev–Trinajstić information content (AvgIpc) is 2.18. The van der Waals surface area contributed by atoms with Crippen LogP contribution in [0.2, 0.25) is 10.0 Å². The van der Waals surface area contributed by atoms with Gasteiger partial charge >= 0.3 is 0 Å². The van der Waals surface area contributed by atoms with Crippen LogP contribution in [0.5, 0.6) is 0 Å². The highest BCUT2D eigenvalue weighted by Gasteiger charge is 2.11. The van der Waals surface area contributed by atoms with Gasteiger partial charge < -0.3 is 5.32 Å². The Kier molecular flexibility index (Phi) is 4.52. The lowest BCUT2D eigenvalue weighted by molar-refractivity contribution is 0.0956. The third-order valence-corrected chi connectivity index (χ3v) is 2.58. The van der Waals surface area contributed by atoms with E-state index in [0.29, 0.717) is 23.0 Å². The molecule has 0 atom stereocenters. The summed E-state index contributed by atoms with van der Waals surface area (Å²) in [6.07, 6.45) is 0. The molecule has 0 fully saturated rings. The van der Waals surface area contributed by atoms with Gasteiger partial charge in [0.1, 0.15) is 0 Å². The van der Waals surface area contributed by atoms with Crippen molar-refractivity contribution in [2.45, 2.75) is 0 Å². The Morgan fingerprint density at radius 3 is 2.71 bits per heavy atom. The van der Waals surface area contributed by atoms with E-state index in [4.69, 9.17) is 34.8 Å². The van der Waals surface area contributed by atoms with E-state index in [9.17, 15) is 4.79 Å². The molecule has 0 aliphatic rings. The Hall–Kier alpha value is -0.440. The van der Waals surface area contributed by atoms with Crippen LogP contribution < -0.4 is 5.32 Å². The van der Waals surface area contributed by atoms with Gasteiger partial charge in [0.25, 0.3) is 5.91 Å². The number of benzene rings is 1. The minimum Gasteiger partial charge on any atom is -0.351 e. The smallest absolute Gasteiger partial charge is 0.252 e. The first-order valence-corrected chi connectivity index (χ1v) is 5.24. The molecule has 0 spiro atoms. The van der Waals surface area contributed by atoms with E-state index >= 15 is 0 Å². The van der Waals surface area contributed by atoms with Gasteiger partial charge in [0.15, 0.2) is 0 Å². The molecule has 0 saturated carbocycles. The van der Waals surface area contributed by atoms with E-state index in [2.05, 4.69) is 5.32 Å². The Labute approximate surface area is 97.1 Å². The monoisotopic (exact) mass is 251 g/mol. The molecule has 76 valence electrons. The fourth-order valence-corrected chi connectivity index (χ4v) is 1.42. The second kappa shape index (κ2) is 5.44. The summed E-state index contributed by atoms with van der Waals surface area (Å²) in [5.41, 5.74) is 0.365. The highest BCUT2D eigenvalue weighted by molar-refractivity contribution is 6.43. The fraction of sp³-hybridized carbons (Fsp3) is 0.222. The normalized spacial score (nSPS) is 9.93. The second-order valence-corrected chi connectivity index (χ2v) is 3.71. The molecule has 5 heteroatoms. The number of amides is 1. The summed E-state index contributed by atoms with van der Waals surface area (Å²) in [5.74, 6) is 0.0994. The molecule has 2 nitrogen and oxygen atoms in total. The molecule has 14 heavy (non-hydrogen) atoms. The summed E-state index contributed by atoms with van der Waals surface area (Å²) in [5, 5.41) is 3.23. The predicted octanol–water partition coefficient (Wildman–Crippen LogP) is 2.96. The van der Waals surface area contributed by atoms with Crippen LogP contribution in [0.15, 0.2) is 18.2 Å². The highest BCUT2D eigenvalue weighted by Crippen LogP contribution is 2.25. The first kappa shape index (κ1) is 11.6. The SMILES string of the molecule is O=C(NCCCl)c1cccc(Cl)c1Cl. The number of nitrogens with one attached hydrogen (secondary N) is 1. The zero-order chi connectivity index (χ0) is 10.6. The highest BCUT2D eigenvalue weighted by atomic mass is 35.5. The summed E-state index contributed by atoms with van der Waals surface area (Å²) >= 11 is 17.0. The van der Waals surface area contributed by atoms with Crippen LogP contribution in [-0.4, -0.2) is 18.3 Å². The molecule has 1 N–H and O–H groups in total. The molecule has 0 heterocycles. The zero-order valence-corrected chi connectivity index (χ0v) is 9.46. The number of hydrogen-bond acceptors (Lipinski definition) is 1. The number of hydrogen-bond donors (Lipinski definition) is 1. The summed E-state index contributed by atoms with van der Waals surface area (Å²) in [6.45, 7) is 0.406. The van der Waals surface area contributed by atoms with Crippen LogP contribution in [0, 0.1) is 0 Å². The Morgan fingerprint density at radius 2 is 2.07 bits per heavy atom. The third-order valence-electron chi connectivity index (χ3n) is 1.58. The van der Waals surface area contributed by atoms with Crippen LogP contribution in [0.1, 0.15) is 10.4 Å². The Bertz CT molecular complexity index is 341. The quantitative estimate of drug-likeness (QED) is 0.824. The Morgan fingerprint density at radius 1 is 1.36 bits per heavy atom. The molecule has 0 aromatic heterocycles. The molecule has 0 aliphatic carbocycles. The van der Waals surface area contributed by atoms with Crippen LogP contribution >= 0.6 is 34.8 Å². The summed E-state index contributed by atoms with van der Waals surface area (Å²) in [7, 11) is 0. The lowest BCUT2D eigenvalue weighted by Crippen LogP contribution is -2.25. The van der Waals surface area contributed by atoms with Gasteiger partial charge in [0.05, 0.1) is 15.6 Å². The molecule has 1 rings (SSSR count). The lowest BCUT2D eigenvalue weighted by atomic mass is 10.2. The van der Waals surface area contributed by atoms with E-state index in [0.717, 1.165) is 0 Å². The maximum Gasteiger partial charge on any atom is 0.252 e. The molecule has 0 bridgehead atoms. The van der Waals surface area contributed by atoms with Crippen molar-refractivity contribution in [3.63, 3.8) is 0 Å². The van der Waals surface area contributed by atoms with E-state index in [1.54, 1.807) is 18.2 Å². The van der Waals surface area contributed by atoms with Gasteiger partial charge in [-0.2, -0.15) is 0 Å². The molecule has 1 amide bonds. The number of alkyl halides is 1. The maximum atomic E-state index is 11.5. The van der Waals surface area contributed by atoms with E-state index in [1.807, 2.05) is 0 Å². The first-order valence-electron chi connectivity index (χ1n) is 3.95. The van der Waals surface area contributed by atoms with Crippen molar-refractivity contribution in [1.29, 1.82) is 0 Å². The van der Waals surface area contributed by atoms with Gasteiger partial charge in [-0.1, -0.05) is 29.3 Å². The van der Waals surface area contributed by atoms with Gasteiger partial charge in [-0.3, -0.25) is 4.79 Å². The standard InChI is InChI=1S/C9H8Cl3NO/c10-4-5-13-9(14)6-2-1-3-7(11)8(6)12/h1-3H,4-5H2,(H,13,14). The van der Waals surface area contributed by atoms with Crippen molar-refractivity contribution in [2.75, 3.05) is 12.4 Å². The van der Waals surface area contributed by atoms with Gasteiger partial charge in [-0.25, -0.2) is 0 Å². The topological polar surface area (TPSA) is 29.1 Å². The van der Waals surface area contributed by atoms with Gasteiger partial charge in [0, 0.05) is 12.4 Å². The van der Waals surface area contributed by atoms with Crippen molar-refractivity contribution in [2.24, 2.45) is 0 Å². The summed E-state index contributed by atoms with van der Waals surface area (Å²) in [4.78, 5) is 11.5. The molecule has 0 unspecified atom stereocenters.